The van der Waals surface area contributed by atoms with Gasteiger partial charge in [-0.3, -0.25) is 9.10 Å². The Morgan fingerprint density at radius 1 is 1.07 bits per heavy atom. The predicted octanol–water partition coefficient (Wildman–Crippen LogP) is 3.35. The van der Waals surface area contributed by atoms with E-state index in [-0.39, 0.29) is 18.3 Å². The average Bonchev–Trinajstić information content (AvgIpc) is 2.70. The number of nitrogens with one attached hydrogen (secondary N) is 1. The molecule has 3 rings (SSSR count). The van der Waals surface area contributed by atoms with Crippen LogP contribution in [0, 0.1) is 11.3 Å². The third kappa shape index (κ3) is 4.92. The van der Waals surface area contributed by atoms with Gasteiger partial charge in [-0.1, -0.05) is 42.5 Å². The molecule has 1 amide bonds. The van der Waals surface area contributed by atoms with Crippen LogP contribution < -0.4 is 9.62 Å². The lowest BCUT2D eigenvalue weighted by molar-refractivity contribution is -0.120. The summed E-state index contributed by atoms with van der Waals surface area (Å²) < 4.78 is 25.5. The first-order valence-corrected chi connectivity index (χ1v) is 10.9. The second-order valence-electron chi connectivity index (χ2n) is 6.83. The summed E-state index contributed by atoms with van der Waals surface area (Å²) in [6.45, 7) is 1.48. The minimum absolute atomic E-state index is 0.278. The van der Waals surface area contributed by atoms with E-state index in [1.165, 1.54) is 6.07 Å². The predicted molar refractivity (Wildman–Crippen MR) is 114 cm³/mol. The Hall–Kier alpha value is -3.37. The van der Waals surface area contributed by atoms with E-state index in [9.17, 15) is 13.2 Å². The Labute approximate surface area is 170 Å². The van der Waals surface area contributed by atoms with E-state index in [1.54, 1.807) is 18.2 Å². The quantitative estimate of drug-likeness (QED) is 0.678. The van der Waals surface area contributed by atoms with Gasteiger partial charge in [-0.15, -0.1) is 0 Å². The van der Waals surface area contributed by atoms with Gasteiger partial charge in [0.2, 0.25) is 15.9 Å². The number of anilines is 1. The van der Waals surface area contributed by atoms with Crippen LogP contribution in [0.1, 0.15) is 24.1 Å². The number of fused-ring (bicyclic) bond motifs is 1. The van der Waals surface area contributed by atoms with Crippen LogP contribution in [0.5, 0.6) is 0 Å². The summed E-state index contributed by atoms with van der Waals surface area (Å²) in [7, 11) is -3.70. The van der Waals surface area contributed by atoms with Crippen molar-refractivity contribution in [3.05, 3.63) is 77.9 Å². The molecule has 29 heavy (non-hydrogen) atoms. The van der Waals surface area contributed by atoms with E-state index >= 15 is 0 Å². The molecule has 0 radical (unpaired) electrons. The highest BCUT2D eigenvalue weighted by atomic mass is 32.2. The summed E-state index contributed by atoms with van der Waals surface area (Å²) in [5.41, 5.74) is 1.52. The molecule has 0 fully saturated rings. The van der Waals surface area contributed by atoms with Gasteiger partial charge in [0, 0.05) is 0 Å². The number of carbonyl (C=O) groups excluding carboxylic acids is 1. The normalized spacial score (nSPS) is 12.2. The molecule has 0 aliphatic rings. The molecule has 1 N–H and O–H groups in total. The highest BCUT2D eigenvalue weighted by Gasteiger charge is 2.22. The molecule has 1 unspecified atom stereocenters. The van der Waals surface area contributed by atoms with Crippen LogP contribution in [0.4, 0.5) is 5.69 Å². The molecule has 0 aliphatic heterocycles. The van der Waals surface area contributed by atoms with E-state index in [0.717, 1.165) is 26.9 Å². The van der Waals surface area contributed by atoms with Crippen LogP contribution in [0.15, 0.2) is 66.7 Å². The number of nitrogens with zero attached hydrogens (tertiary/aromatic N) is 2. The third-order valence-corrected chi connectivity index (χ3v) is 5.74. The SMILES string of the molecule is CC(NC(=O)CN(c1cccc(C#N)c1)S(C)(=O)=O)c1ccc2ccccc2c1. The molecule has 0 heterocycles. The van der Waals surface area contributed by atoms with Crippen LogP contribution in [0.2, 0.25) is 0 Å². The van der Waals surface area contributed by atoms with Crippen molar-refractivity contribution in [3.63, 3.8) is 0 Å². The lowest BCUT2D eigenvalue weighted by atomic mass is 10.0. The zero-order valence-corrected chi connectivity index (χ0v) is 17.0. The average molecular weight is 407 g/mol. The van der Waals surface area contributed by atoms with Gasteiger partial charge in [-0.25, -0.2) is 8.42 Å². The van der Waals surface area contributed by atoms with Crippen LogP contribution in [-0.4, -0.2) is 27.1 Å². The molecule has 0 saturated heterocycles. The van der Waals surface area contributed by atoms with Gasteiger partial charge < -0.3 is 5.32 Å². The topological polar surface area (TPSA) is 90.3 Å². The number of sulfonamides is 1. The van der Waals surface area contributed by atoms with E-state index in [4.69, 9.17) is 5.26 Å². The van der Waals surface area contributed by atoms with Crippen LogP contribution in [-0.2, 0) is 14.8 Å². The highest BCUT2D eigenvalue weighted by Crippen LogP contribution is 2.21. The van der Waals surface area contributed by atoms with Crippen molar-refractivity contribution in [2.45, 2.75) is 13.0 Å². The summed E-state index contributed by atoms with van der Waals surface area (Å²) in [6, 6.07) is 21.7. The number of carbonyl (C=O) groups is 1. The molecule has 0 bridgehead atoms. The van der Waals surface area contributed by atoms with Gasteiger partial charge in [-0.05, 0) is 47.5 Å². The number of benzene rings is 3. The van der Waals surface area contributed by atoms with Crippen molar-refractivity contribution in [1.82, 2.24) is 5.32 Å². The van der Waals surface area contributed by atoms with Gasteiger partial charge in [0.05, 0.1) is 29.6 Å². The fourth-order valence-electron chi connectivity index (χ4n) is 3.11. The number of rotatable bonds is 6. The Morgan fingerprint density at radius 3 is 2.48 bits per heavy atom. The van der Waals surface area contributed by atoms with Gasteiger partial charge in [0.1, 0.15) is 6.54 Å². The van der Waals surface area contributed by atoms with Crippen molar-refractivity contribution in [3.8, 4) is 6.07 Å². The Kier molecular flexibility index (Phi) is 5.85. The molecule has 1 atom stereocenters. The van der Waals surface area contributed by atoms with Gasteiger partial charge in [0.15, 0.2) is 0 Å². The Balaban J connectivity index is 1.78. The molecule has 0 spiro atoms. The van der Waals surface area contributed by atoms with Crippen molar-refractivity contribution in [1.29, 1.82) is 5.26 Å². The van der Waals surface area contributed by atoms with Crippen molar-refractivity contribution in [2.24, 2.45) is 0 Å². The zero-order chi connectivity index (χ0) is 21.0. The number of hydrogen-bond donors (Lipinski definition) is 1. The lowest BCUT2D eigenvalue weighted by Gasteiger charge is -2.23. The lowest BCUT2D eigenvalue weighted by Crippen LogP contribution is -2.41. The van der Waals surface area contributed by atoms with Crippen molar-refractivity contribution >= 4 is 32.4 Å². The first kappa shape index (κ1) is 20.4. The van der Waals surface area contributed by atoms with Crippen LogP contribution >= 0.6 is 0 Å². The van der Waals surface area contributed by atoms with E-state index in [2.05, 4.69) is 5.32 Å². The number of hydrogen-bond acceptors (Lipinski definition) is 4. The summed E-state index contributed by atoms with van der Waals surface area (Å²) >= 11 is 0. The molecule has 148 valence electrons. The largest absolute Gasteiger partial charge is 0.348 e. The standard InChI is InChI=1S/C22H21N3O3S/c1-16(19-11-10-18-7-3-4-8-20(18)13-19)24-22(26)15-25(29(2,27)28)21-9-5-6-17(12-21)14-23/h3-13,16H,15H2,1-2H3,(H,24,26). The molecular weight excluding hydrogens is 386 g/mol. The monoisotopic (exact) mass is 407 g/mol. The van der Waals surface area contributed by atoms with Crippen LogP contribution in [0.25, 0.3) is 10.8 Å². The molecule has 0 aromatic heterocycles. The third-order valence-electron chi connectivity index (χ3n) is 4.60. The fourth-order valence-corrected chi connectivity index (χ4v) is 3.96. The Morgan fingerprint density at radius 2 is 1.79 bits per heavy atom. The minimum atomic E-state index is -3.70. The maximum Gasteiger partial charge on any atom is 0.241 e. The van der Waals surface area contributed by atoms with E-state index < -0.39 is 15.9 Å². The molecule has 0 aliphatic carbocycles. The smallest absolute Gasteiger partial charge is 0.241 e. The highest BCUT2D eigenvalue weighted by molar-refractivity contribution is 7.92. The first-order chi connectivity index (χ1) is 13.8. The second kappa shape index (κ2) is 8.33. The van der Waals surface area contributed by atoms with Gasteiger partial charge >= 0.3 is 0 Å². The van der Waals surface area contributed by atoms with E-state index in [1.807, 2.05) is 55.5 Å². The number of nitriles is 1. The summed E-state index contributed by atoms with van der Waals surface area (Å²) in [6.07, 6.45) is 1.03. The molecule has 7 heteroatoms. The minimum Gasteiger partial charge on any atom is -0.348 e. The first-order valence-electron chi connectivity index (χ1n) is 9.04. The summed E-state index contributed by atoms with van der Waals surface area (Å²) in [4.78, 5) is 12.6. The molecule has 0 saturated carbocycles. The Bertz CT molecular complexity index is 1200. The molecule has 3 aromatic rings. The molecule has 6 nitrogen and oxygen atoms in total. The van der Waals surface area contributed by atoms with Crippen LogP contribution in [0.3, 0.4) is 0 Å². The summed E-state index contributed by atoms with van der Waals surface area (Å²) in [5, 5.41) is 14.1. The summed E-state index contributed by atoms with van der Waals surface area (Å²) in [5.74, 6) is -0.432. The van der Waals surface area contributed by atoms with Gasteiger partial charge in [-0.2, -0.15) is 5.26 Å². The molecular formula is C22H21N3O3S. The maximum atomic E-state index is 12.6. The van der Waals surface area contributed by atoms with E-state index in [0.29, 0.717) is 5.56 Å². The molecule has 3 aromatic carbocycles. The number of amides is 1. The zero-order valence-electron chi connectivity index (χ0n) is 16.2. The second-order valence-corrected chi connectivity index (χ2v) is 8.73. The van der Waals surface area contributed by atoms with Crippen molar-refractivity contribution < 1.29 is 13.2 Å². The maximum absolute atomic E-state index is 12.6. The van der Waals surface area contributed by atoms with Crippen molar-refractivity contribution in [2.75, 3.05) is 17.1 Å². The van der Waals surface area contributed by atoms with Gasteiger partial charge in [0.25, 0.3) is 0 Å². The fraction of sp³-hybridized carbons (Fsp3) is 0.182.